The highest BCUT2D eigenvalue weighted by Gasteiger charge is 1.91. The van der Waals surface area contributed by atoms with E-state index in [1.54, 1.807) is 6.20 Å². The molecule has 0 aromatic carbocycles. The lowest BCUT2D eigenvalue weighted by Crippen LogP contribution is -1.88. The molecule has 2 heteroatoms. The Balaban J connectivity index is 2.16. The Morgan fingerprint density at radius 1 is 1.25 bits per heavy atom. The van der Waals surface area contributed by atoms with Gasteiger partial charge in [0.15, 0.2) is 0 Å². The van der Waals surface area contributed by atoms with Crippen molar-refractivity contribution in [2.24, 2.45) is 0 Å². The highest BCUT2D eigenvalue weighted by Crippen LogP contribution is 2.03. The zero-order valence-electron chi connectivity index (χ0n) is 7.24. The molecule has 1 heterocycles. The van der Waals surface area contributed by atoms with Crippen LogP contribution in [-0.2, 0) is 6.42 Å². The molecule has 0 fully saturated rings. The molecule has 12 heavy (non-hydrogen) atoms. The maximum Gasteiger partial charge on any atom is 0.0431 e. The van der Waals surface area contributed by atoms with Crippen LogP contribution in [0, 0.1) is 0 Å². The van der Waals surface area contributed by atoms with E-state index in [0.717, 1.165) is 25.7 Å². The largest absolute Gasteiger partial charge is 0.396 e. The molecule has 1 aromatic rings. The summed E-state index contributed by atoms with van der Waals surface area (Å²) < 4.78 is 0. The molecule has 1 rings (SSSR count). The normalized spacial score (nSPS) is 10.1. The van der Waals surface area contributed by atoms with Crippen molar-refractivity contribution in [1.82, 2.24) is 4.98 Å². The van der Waals surface area contributed by atoms with Gasteiger partial charge in [-0.3, -0.25) is 4.98 Å². The van der Waals surface area contributed by atoms with Gasteiger partial charge >= 0.3 is 0 Å². The molecular weight excluding hydrogens is 150 g/mol. The first-order valence-corrected chi connectivity index (χ1v) is 4.43. The second-order valence-corrected chi connectivity index (χ2v) is 2.90. The molecule has 0 amide bonds. The molecule has 0 radical (unpaired) electrons. The third kappa shape index (κ3) is 3.49. The quantitative estimate of drug-likeness (QED) is 0.675. The molecule has 1 N–H and O–H groups in total. The molecular formula is C10H15NO. The summed E-state index contributed by atoms with van der Waals surface area (Å²) in [4.78, 5) is 4.03. The summed E-state index contributed by atoms with van der Waals surface area (Å²) in [6.45, 7) is 0.313. The van der Waals surface area contributed by atoms with Crippen LogP contribution >= 0.6 is 0 Å². The number of hydrogen-bond donors (Lipinski definition) is 1. The third-order valence-electron chi connectivity index (χ3n) is 1.85. The number of aryl methyl sites for hydroxylation is 1. The fourth-order valence-corrected chi connectivity index (χ4v) is 1.16. The minimum atomic E-state index is 0.313. The molecule has 0 atom stereocenters. The van der Waals surface area contributed by atoms with Crippen molar-refractivity contribution < 1.29 is 5.11 Å². The number of unbranched alkanes of at least 4 members (excludes halogenated alkanes) is 2. The second-order valence-electron chi connectivity index (χ2n) is 2.90. The van der Waals surface area contributed by atoms with E-state index < -0.39 is 0 Å². The lowest BCUT2D eigenvalue weighted by molar-refractivity contribution is 0.283. The summed E-state index contributed by atoms with van der Waals surface area (Å²) >= 11 is 0. The van der Waals surface area contributed by atoms with Crippen molar-refractivity contribution in [3.63, 3.8) is 0 Å². The summed E-state index contributed by atoms with van der Waals surface area (Å²) in [6, 6.07) is 4.05. The smallest absolute Gasteiger partial charge is 0.0431 e. The molecule has 0 saturated heterocycles. The molecule has 0 unspecified atom stereocenters. The average Bonchev–Trinajstić information content (AvgIpc) is 2.14. The third-order valence-corrected chi connectivity index (χ3v) is 1.85. The SMILES string of the molecule is OCCCCCc1cccnc1. The van der Waals surface area contributed by atoms with Gasteiger partial charge in [0.05, 0.1) is 0 Å². The van der Waals surface area contributed by atoms with E-state index >= 15 is 0 Å². The Hall–Kier alpha value is -0.890. The van der Waals surface area contributed by atoms with Gasteiger partial charge < -0.3 is 5.11 Å². The molecule has 66 valence electrons. The van der Waals surface area contributed by atoms with Crippen molar-refractivity contribution in [2.75, 3.05) is 6.61 Å². The summed E-state index contributed by atoms with van der Waals surface area (Å²) in [7, 11) is 0. The van der Waals surface area contributed by atoms with Crippen molar-refractivity contribution >= 4 is 0 Å². The standard InChI is InChI=1S/C10H15NO/c12-8-3-1-2-5-10-6-4-7-11-9-10/h4,6-7,9,12H,1-3,5,8H2. The first kappa shape index (κ1) is 9.20. The maximum atomic E-state index is 8.55. The molecule has 0 spiro atoms. The van der Waals surface area contributed by atoms with Gasteiger partial charge in [0.1, 0.15) is 0 Å². The summed E-state index contributed by atoms with van der Waals surface area (Å²) in [6.07, 6.45) is 7.93. The highest BCUT2D eigenvalue weighted by atomic mass is 16.2. The average molecular weight is 165 g/mol. The number of aliphatic hydroxyl groups is 1. The number of aliphatic hydroxyl groups excluding tert-OH is 1. The highest BCUT2D eigenvalue weighted by molar-refractivity contribution is 5.08. The predicted octanol–water partition coefficient (Wildman–Crippen LogP) is 1.79. The van der Waals surface area contributed by atoms with Gasteiger partial charge in [-0.2, -0.15) is 0 Å². The van der Waals surface area contributed by atoms with Gasteiger partial charge in [-0.1, -0.05) is 12.5 Å². The number of aromatic nitrogens is 1. The Labute approximate surface area is 73.3 Å². The fraction of sp³-hybridized carbons (Fsp3) is 0.500. The van der Waals surface area contributed by atoms with Gasteiger partial charge in [-0.15, -0.1) is 0 Å². The molecule has 0 aliphatic carbocycles. The number of pyridine rings is 1. The molecule has 0 aliphatic rings. The molecule has 0 bridgehead atoms. The minimum absolute atomic E-state index is 0.313. The van der Waals surface area contributed by atoms with E-state index in [1.807, 2.05) is 12.3 Å². The molecule has 2 nitrogen and oxygen atoms in total. The van der Waals surface area contributed by atoms with Crippen LogP contribution in [0.5, 0.6) is 0 Å². The molecule has 0 aliphatic heterocycles. The van der Waals surface area contributed by atoms with E-state index in [9.17, 15) is 0 Å². The zero-order chi connectivity index (χ0) is 8.65. The van der Waals surface area contributed by atoms with Gasteiger partial charge in [-0.05, 0) is 30.9 Å². The first-order chi connectivity index (χ1) is 5.93. The zero-order valence-corrected chi connectivity index (χ0v) is 7.24. The Bertz CT molecular complexity index is 198. The lowest BCUT2D eigenvalue weighted by Gasteiger charge is -1.98. The van der Waals surface area contributed by atoms with Crippen LogP contribution in [0.1, 0.15) is 24.8 Å². The molecule has 0 saturated carbocycles. The van der Waals surface area contributed by atoms with Gasteiger partial charge in [0, 0.05) is 19.0 Å². The topological polar surface area (TPSA) is 33.1 Å². The minimum Gasteiger partial charge on any atom is -0.396 e. The summed E-state index contributed by atoms with van der Waals surface area (Å²) in [5.41, 5.74) is 1.29. The van der Waals surface area contributed by atoms with E-state index in [-0.39, 0.29) is 0 Å². The van der Waals surface area contributed by atoms with Gasteiger partial charge in [0.2, 0.25) is 0 Å². The van der Waals surface area contributed by atoms with Crippen LogP contribution in [-0.4, -0.2) is 16.7 Å². The van der Waals surface area contributed by atoms with Gasteiger partial charge in [0.25, 0.3) is 0 Å². The van der Waals surface area contributed by atoms with Crippen LogP contribution < -0.4 is 0 Å². The van der Waals surface area contributed by atoms with Crippen molar-refractivity contribution in [1.29, 1.82) is 0 Å². The summed E-state index contributed by atoms with van der Waals surface area (Å²) in [5.74, 6) is 0. The van der Waals surface area contributed by atoms with E-state index in [1.165, 1.54) is 5.56 Å². The lowest BCUT2D eigenvalue weighted by atomic mass is 10.1. The van der Waals surface area contributed by atoms with Crippen LogP contribution in [0.15, 0.2) is 24.5 Å². The van der Waals surface area contributed by atoms with Crippen LogP contribution in [0.4, 0.5) is 0 Å². The number of hydrogen-bond acceptors (Lipinski definition) is 2. The fourth-order valence-electron chi connectivity index (χ4n) is 1.16. The second kappa shape index (κ2) is 5.72. The van der Waals surface area contributed by atoms with E-state index in [2.05, 4.69) is 11.1 Å². The van der Waals surface area contributed by atoms with E-state index in [0.29, 0.717) is 6.61 Å². The predicted molar refractivity (Wildman–Crippen MR) is 48.9 cm³/mol. The van der Waals surface area contributed by atoms with Crippen LogP contribution in [0.3, 0.4) is 0 Å². The Morgan fingerprint density at radius 3 is 2.83 bits per heavy atom. The Morgan fingerprint density at radius 2 is 2.17 bits per heavy atom. The van der Waals surface area contributed by atoms with Crippen LogP contribution in [0.25, 0.3) is 0 Å². The summed E-state index contributed by atoms with van der Waals surface area (Å²) in [5, 5.41) is 8.55. The monoisotopic (exact) mass is 165 g/mol. The number of nitrogens with zero attached hydrogens (tertiary/aromatic N) is 1. The first-order valence-electron chi connectivity index (χ1n) is 4.43. The van der Waals surface area contributed by atoms with Crippen molar-refractivity contribution in [3.8, 4) is 0 Å². The Kier molecular flexibility index (Phi) is 4.39. The maximum absolute atomic E-state index is 8.55. The van der Waals surface area contributed by atoms with Gasteiger partial charge in [-0.25, -0.2) is 0 Å². The van der Waals surface area contributed by atoms with E-state index in [4.69, 9.17) is 5.11 Å². The van der Waals surface area contributed by atoms with Crippen LogP contribution in [0.2, 0.25) is 0 Å². The molecule has 1 aromatic heterocycles. The van der Waals surface area contributed by atoms with Crippen molar-refractivity contribution in [3.05, 3.63) is 30.1 Å². The van der Waals surface area contributed by atoms with Crippen molar-refractivity contribution in [2.45, 2.75) is 25.7 Å². The number of rotatable bonds is 5.